The van der Waals surface area contributed by atoms with Crippen molar-refractivity contribution in [2.45, 2.75) is 18.9 Å². The van der Waals surface area contributed by atoms with Crippen LogP contribution in [-0.2, 0) is 10.0 Å². The second-order valence-electron chi connectivity index (χ2n) is 2.87. The van der Waals surface area contributed by atoms with Gasteiger partial charge in [0.1, 0.15) is 3.76 Å². The Balaban J connectivity index is 2.39. The molecule has 1 aliphatic rings. The van der Waals surface area contributed by atoms with E-state index in [-0.39, 0.29) is 9.80 Å². The number of rotatable bonds is 3. The summed E-state index contributed by atoms with van der Waals surface area (Å²) in [4.78, 5) is 0. The van der Waals surface area contributed by atoms with Crippen LogP contribution in [0.4, 0.5) is 0 Å². The number of hydrogen-bond donors (Lipinski definition) is 2. The molecular formula is C6H13IN2O2S. The lowest BCUT2D eigenvalue weighted by Crippen LogP contribution is -2.42. The molecule has 2 N–H and O–H groups in total. The van der Waals surface area contributed by atoms with E-state index in [0.717, 1.165) is 25.9 Å². The summed E-state index contributed by atoms with van der Waals surface area (Å²) in [6.45, 7) is 1.82. The van der Waals surface area contributed by atoms with Crippen molar-refractivity contribution in [1.82, 2.24) is 10.0 Å². The minimum Gasteiger partial charge on any atom is -0.317 e. The largest absolute Gasteiger partial charge is 0.317 e. The van der Waals surface area contributed by atoms with Crippen molar-refractivity contribution < 1.29 is 8.42 Å². The minimum absolute atomic E-state index is 0.144. The van der Waals surface area contributed by atoms with Crippen molar-refractivity contribution in [3.05, 3.63) is 0 Å². The number of hydrogen-bond acceptors (Lipinski definition) is 3. The molecule has 4 nitrogen and oxygen atoms in total. The molecule has 1 rings (SSSR count). The second kappa shape index (κ2) is 4.73. The molecule has 1 saturated heterocycles. The molecule has 0 amide bonds. The van der Waals surface area contributed by atoms with Crippen LogP contribution in [0.2, 0.25) is 0 Å². The number of halogens is 1. The van der Waals surface area contributed by atoms with Gasteiger partial charge in [-0.15, -0.1) is 0 Å². The molecule has 0 aromatic heterocycles. The third-order valence-electron chi connectivity index (χ3n) is 1.83. The molecule has 0 spiro atoms. The maximum atomic E-state index is 11.1. The third kappa shape index (κ3) is 3.55. The molecule has 72 valence electrons. The number of alkyl halides is 1. The van der Waals surface area contributed by atoms with E-state index in [1.165, 1.54) is 0 Å². The summed E-state index contributed by atoms with van der Waals surface area (Å²) in [5.74, 6) is 0. The predicted octanol–water partition coefficient (Wildman–Crippen LogP) is 0.0503. The Morgan fingerprint density at radius 1 is 1.42 bits per heavy atom. The summed E-state index contributed by atoms with van der Waals surface area (Å²) in [6.07, 6.45) is 1.80. The Kier molecular flexibility index (Phi) is 4.21. The van der Waals surface area contributed by atoms with Gasteiger partial charge in [-0.3, -0.25) is 0 Å². The summed E-state index contributed by atoms with van der Waals surface area (Å²) in [7, 11) is -3.01. The fraction of sp³-hybridized carbons (Fsp3) is 1.00. The quantitative estimate of drug-likeness (QED) is 0.572. The van der Waals surface area contributed by atoms with E-state index in [9.17, 15) is 8.42 Å². The average molecular weight is 304 g/mol. The fourth-order valence-electron chi connectivity index (χ4n) is 1.23. The van der Waals surface area contributed by atoms with Crippen molar-refractivity contribution in [3.8, 4) is 0 Å². The zero-order valence-corrected chi connectivity index (χ0v) is 9.69. The normalized spacial score (nSPS) is 21.1. The predicted molar refractivity (Wildman–Crippen MR) is 56.8 cm³/mol. The van der Waals surface area contributed by atoms with Gasteiger partial charge in [-0.2, -0.15) is 0 Å². The Bertz CT molecular complexity index is 224. The maximum Gasteiger partial charge on any atom is 0.221 e. The molecule has 0 bridgehead atoms. The van der Waals surface area contributed by atoms with Crippen LogP contribution in [0.5, 0.6) is 0 Å². The van der Waals surface area contributed by atoms with Crippen LogP contribution >= 0.6 is 22.6 Å². The molecule has 0 aliphatic carbocycles. The molecule has 1 heterocycles. The molecule has 0 atom stereocenters. The molecule has 6 heteroatoms. The van der Waals surface area contributed by atoms with E-state index in [2.05, 4.69) is 10.0 Å². The Morgan fingerprint density at radius 2 is 2.00 bits per heavy atom. The van der Waals surface area contributed by atoms with E-state index in [1.54, 1.807) is 0 Å². The lowest BCUT2D eigenvalue weighted by atomic mass is 10.1. The Hall–Kier alpha value is 0.600. The van der Waals surface area contributed by atoms with E-state index in [0.29, 0.717) is 0 Å². The van der Waals surface area contributed by atoms with E-state index in [4.69, 9.17) is 0 Å². The molecule has 0 saturated carbocycles. The van der Waals surface area contributed by atoms with Gasteiger partial charge in [0.2, 0.25) is 10.0 Å². The van der Waals surface area contributed by atoms with Gasteiger partial charge in [0.15, 0.2) is 0 Å². The highest BCUT2D eigenvalue weighted by Crippen LogP contribution is 2.04. The summed E-state index contributed by atoms with van der Waals surface area (Å²) < 4.78 is 25.1. The number of nitrogens with one attached hydrogen (secondary N) is 2. The third-order valence-corrected chi connectivity index (χ3v) is 5.27. The van der Waals surface area contributed by atoms with E-state index >= 15 is 0 Å². The molecule has 0 radical (unpaired) electrons. The van der Waals surface area contributed by atoms with Gasteiger partial charge in [0.25, 0.3) is 0 Å². The Labute approximate surface area is 86.7 Å². The first-order valence-electron chi connectivity index (χ1n) is 3.91. The monoisotopic (exact) mass is 304 g/mol. The molecule has 0 aromatic carbocycles. The van der Waals surface area contributed by atoms with Crippen molar-refractivity contribution in [1.29, 1.82) is 0 Å². The first-order chi connectivity index (χ1) is 5.64. The number of sulfonamides is 1. The van der Waals surface area contributed by atoms with Gasteiger partial charge < -0.3 is 5.32 Å². The first kappa shape index (κ1) is 10.7. The zero-order valence-electron chi connectivity index (χ0n) is 6.72. The van der Waals surface area contributed by atoms with Crippen LogP contribution in [0.25, 0.3) is 0 Å². The Morgan fingerprint density at radius 3 is 2.50 bits per heavy atom. The van der Waals surface area contributed by atoms with Crippen LogP contribution in [-0.4, -0.2) is 31.3 Å². The van der Waals surface area contributed by atoms with Crippen LogP contribution in [0.15, 0.2) is 0 Å². The standard InChI is InChI=1S/C6H13IN2O2S/c7-5-12(10,11)9-6-1-3-8-4-2-6/h6,8-9H,1-5H2. The highest BCUT2D eigenvalue weighted by Gasteiger charge is 2.18. The molecule has 0 aromatic rings. The lowest BCUT2D eigenvalue weighted by Gasteiger charge is -2.22. The number of piperidine rings is 1. The minimum atomic E-state index is -3.01. The van der Waals surface area contributed by atoms with E-state index in [1.807, 2.05) is 22.6 Å². The van der Waals surface area contributed by atoms with Gasteiger partial charge in [0.05, 0.1) is 0 Å². The van der Waals surface area contributed by atoms with Crippen molar-refractivity contribution >= 4 is 32.6 Å². The van der Waals surface area contributed by atoms with Crippen molar-refractivity contribution in [2.75, 3.05) is 16.8 Å². The van der Waals surface area contributed by atoms with Gasteiger partial charge in [-0.1, -0.05) is 22.6 Å². The maximum absolute atomic E-state index is 11.1. The van der Waals surface area contributed by atoms with Crippen LogP contribution in [0, 0.1) is 0 Å². The highest BCUT2D eigenvalue weighted by molar-refractivity contribution is 14.1. The SMILES string of the molecule is O=S(=O)(CI)NC1CCNCC1. The summed E-state index contributed by atoms with van der Waals surface area (Å²) in [6, 6.07) is 0.144. The van der Waals surface area contributed by atoms with Crippen molar-refractivity contribution in [3.63, 3.8) is 0 Å². The van der Waals surface area contributed by atoms with Gasteiger partial charge >= 0.3 is 0 Å². The summed E-state index contributed by atoms with van der Waals surface area (Å²) in [5, 5.41) is 3.18. The van der Waals surface area contributed by atoms with Crippen LogP contribution in [0.1, 0.15) is 12.8 Å². The highest BCUT2D eigenvalue weighted by atomic mass is 127. The van der Waals surface area contributed by atoms with Gasteiger partial charge in [-0.25, -0.2) is 13.1 Å². The van der Waals surface area contributed by atoms with Crippen molar-refractivity contribution in [2.24, 2.45) is 0 Å². The molecule has 1 aliphatic heterocycles. The average Bonchev–Trinajstić information content (AvgIpc) is 2.06. The van der Waals surface area contributed by atoms with E-state index < -0.39 is 10.0 Å². The zero-order chi connectivity index (χ0) is 9.03. The molecule has 1 fully saturated rings. The topological polar surface area (TPSA) is 58.2 Å². The lowest BCUT2D eigenvalue weighted by molar-refractivity contribution is 0.428. The van der Waals surface area contributed by atoms with Crippen LogP contribution in [0.3, 0.4) is 0 Å². The molecular weight excluding hydrogens is 291 g/mol. The fourth-order valence-corrected chi connectivity index (χ4v) is 2.57. The molecule has 0 unspecified atom stereocenters. The van der Waals surface area contributed by atoms with Gasteiger partial charge in [0, 0.05) is 6.04 Å². The smallest absolute Gasteiger partial charge is 0.221 e. The summed E-state index contributed by atoms with van der Waals surface area (Å²) in [5.41, 5.74) is 0. The summed E-state index contributed by atoms with van der Waals surface area (Å²) >= 11 is 1.86. The van der Waals surface area contributed by atoms with Crippen LogP contribution < -0.4 is 10.0 Å². The van der Waals surface area contributed by atoms with Gasteiger partial charge in [-0.05, 0) is 25.9 Å². The second-order valence-corrected chi connectivity index (χ2v) is 6.42. The first-order valence-corrected chi connectivity index (χ1v) is 7.08. The molecule has 12 heavy (non-hydrogen) atoms.